The van der Waals surface area contributed by atoms with Gasteiger partial charge in [0.1, 0.15) is 17.3 Å². The third kappa shape index (κ3) is 5.84. The third-order valence-electron chi connectivity index (χ3n) is 5.33. The fourth-order valence-electron chi connectivity index (χ4n) is 3.61. The minimum absolute atomic E-state index is 0.200. The molecule has 0 fully saturated rings. The van der Waals surface area contributed by atoms with Gasteiger partial charge in [0.15, 0.2) is 5.17 Å². The van der Waals surface area contributed by atoms with E-state index in [1.165, 1.54) is 46.2 Å². The number of thioether (sulfide) groups is 1. The van der Waals surface area contributed by atoms with Crippen molar-refractivity contribution >= 4 is 40.5 Å². The van der Waals surface area contributed by atoms with E-state index in [1.807, 2.05) is 30.3 Å². The molecular weight excluding hydrogens is 468 g/mol. The van der Waals surface area contributed by atoms with E-state index in [2.05, 4.69) is 4.99 Å². The molecule has 0 saturated carbocycles. The molecule has 0 bridgehead atoms. The number of carbonyl (C=O) groups is 2. The Morgan fingerprint density at radius 2 is 1.74 bits per heavy atom. The van der Waals surface area contributed by atoms with Gasteiger partial charge in [0, 0.05) is 13.6 Å². The fourth-order valence-corrected chi connectivity index (χ4v) is 4.65. The van der Waals surface area contributed by atoms with Crippen LogP contribution in [0, 0.1) is 11.6 Å². The maximum absolute atomic E-state index is 13.5. The second kappa shape index (κ2) is 10.7. The lowest BCUT2D eigenvalue weighted by atomic mass is 10.2. The van der Waals surface area contributed by atoms with Crippen LogP contribution < -0.4 is 4.90 Å². The number of hydrogen-bond donors (Lipinski definition) is 0. The van der Waals surface area contributed by atoms with Gasteiger partial charge in [-0.15, -0.1) is 0 Å². The van der Waals surface area contributed by atoms with E-state index in [0.717, 1.165) is 17.3 Å². The predicted octanol–water partition coefficient (Wildman–Crippen LogP) is 5.49. The second-order valence-electron chi connectivity index (χ2n) is 8.04. The SMILES string of the molecule is CC(SC1=N/C(=C\c2ccccc2)C(=O)N1c1ccc(F)cc1)C(=O)N(C)Cc1cccc(F)c1. The summed E-state index contributed by atoms with van der Waals surface area (Å²) in [4.78, 5) is 33.7. The average molecular weight is 492 g/mol. The predicted molar refractivity (Wildman–Crippen MR) is 136 cm³/mol. The van der Waals surface area contributed by atoms with Crippen LogP contribution >= 0.6 is 11.8 Å². The molecule has 8 heteroatoms. The highest BCUT2D eigenvalue weighted by Crippen LogP contribution is 2.31. The Hall–Kier alpha value is -3.78. The molecule has 0 radical (unpaired) electrons. The second-order valence-corrected chi connectivity index (χ2v) is 9.34. The van der Waals surface area contributed by atoms with Crippen LogP contribution in [-0.4, -0.2) is 34.2 Å². The zero-order valence-electron chi connectivity index (χ0n) is 19.2. The number of carbonyl (C=O) groups excluding carboxylic acids is 2. The summed E-state index contributed by atoms with van der Waals surface area (Å²) < 4.78 is 27.0. The molecule has 1 aliphatic heterocycles. The number of benzene rings is 3. The zero-order chi connectivity index (χ0) is 24.9. The van der Waals surface area contributed by atoms with E-state index >= 15 is 0 Å². The van der Waals surface area contributed by atoms with Crippen LogP contribution in [0.2, 0.25) is 0 Å². The highest BCUT2D eigenvalue weighted by atomic mass is 32.2. The van der Waals surface area contributed by atoms with Gasteiger partial charge in [-0.2, -0.15) is 0 Å². The lowest BCUT2D eigenvalue weighted by Gasteiger charge is -2.23. The molecule has 0 spiro atoms. The molecule has 178 valence electrons. The van der Waals surface area contributed by atoms with Crippen LogP contribution in [0.3, 0.4) is 0 Å². The Morgan fingerprint density at radius 1 is 1.03 bits per heavy atom. The summed E-state index contributed by atoms with van der Waals surface area (Å²) in [7, 11) is 1.64. The molecule has 3 aromatic rings. The van der Waals surface area contributed by atoms with Crippen molar-refractivity contribution in [2.24, 2.45) is 4.99 Å². The maximum Gasteiger partial charge on any atom is 0.283 e. The Morgan fingerprint density at radius 3 is 2.43 bits per heavy atom. The van der Waals surface area contributed by atoms with Crippen LogP contribution in [0.15, 0.2) is 89.6 Å². The molecular formula is C27H23F2N3O2S. The van der Waals surface area contributed by atoms with Crippen LogP contribution in [-0.2, 0) is 16.1 Å². The van der Waals surface area contributed by atoms with Crippen LogP contribution in [0.4, 0.5) is 14.5 Å². The van der Waals surface area contributed by atoms with E-state index in [1.54, 1.807) is 32.2 Å². The molecule has 0 saturated heterocycles. The number of amidine groups is 1. The summed E-state index contributed by atoms with van der Waals surface area (Å²) in [5, 5.41) is -0.261. The van der Waals surface area contributed by atoms with Crippen molar-refractivity contribution in [3.8, 4) is 0 Å². The van der Waals surface area contributed by atoms with E-state index in [4.69, 9.17) is 0 Å². The number of halogens is 2. The molecule has 1 atom stereocenters. The maximum atomic E-state index is 13.5. The normalized spacial score (nSPS) is 15.3. The molecule has 5 nitrogen and oxygen atoms in total. The first-order valence-electron chi connectivity index (χ1n) is 10.9. The number of hydrogen-bond acceptors (Lipinski definition) is 4. The van der Waals surface area contributed by atoms with Gasteiger partial charge in [-0.05, 0) is 60.5 Å². The van der Waals surface area contributed by atoms with Crippen molar-refractivity contribution in [3.05, 3.63) is 107 Å². The zero-order valence-corrected chi connectivity index (χ0v) is 20.0. The molecule has 1 heterocycles. The van der Waals surface area contributed by atoms with Crippen molar-refractivity contribution in [2.45, 2.75) is 18.7 Å². The van der Waals surface area contributed by atoms with Crippen molar-refractivity contribution in [1.29, 1.82) is 0 Å². The molecule has 0 N–H and O–H groups in total. The lowest BCUT2D eigenvalue weighted by molar-refractivity contribution is -0.129. The summed E-state index contributed by atoms with van der Waals surface area (Å²) in [6.07, 6.45) is 1.68. The number of anilines is 1. The first-order chi connectivity index (χ1) is 16.8. The standard InChI is InChI=1S/C27H23F2N3O2S/c1-18(25(33)31(2)17-20-9-6-10-22(29)15-20)35-27-30-24(16-19-7-4-3-5-8-19)26(34)32(27)23-13-11-21(28)12-14-23/h3-16,18H,17H2,1-2H3/b24-16-. The van der Waals surface area contributed by atoms with Gasteiger partial charge in [-0.3, -0.25) is 14.5 Å². The Labute approximate surface area is 206 Å². The minimum atomic E-state index is -0.584. The van der Waals surface area contributed by atoms with Gasteiger partial charge in [-0.25, -0.2) is 13.8 Å². The Bertz CT molecular complexity index is 1290. The minimum Gasteiger partial charge on any atom is -0.340 e. The molecule has 0 aromatic heterocycles. The third-order valence-corrected chi connectivity index (χ3v) is 6.37. The van der Waals surface area contributed by atoms with E-state index in [-0.39, 0.29) is 29.9 Å². The van der Waals surface area contributed by atoms with Gasteiger partial charge in [0.2, 0.25) is 5.91 Å². The smallest absolute Gasteiger partial charge is 0.283 e. The van der Waals surface area contributed by atoms with Gasteiger partial charge in [0.25, 0.3) is 5.91 Å². The summed E-state index contributed by atoms with van der Waals surface area (Å²) >= 11 is 1.14. The fraction of sp³-hybridized carbons (Fsp3) is 0.148. The number of rotatable bonds is 6. The highest BCUT2D eigenvalue weighted by Gasteiger charge is 2.34. The Balaban J connectivity index is 1.57. The molecule has 35 heavy (non-hydrogen) atoms. The monoisotopic (exact) mass is 491 g/mol. The van der Waals surface area contributed by atoms with Crippen molar-refractivity contribution in [1.82, 2.24) is 4.90 Å². The largest absolute Gasteiger partial charge is 0.340 e. The topological polar surface area (TPSA) is 53.0 Å². The van der Waals surface area contributed by atoms with E-state index in [9.17, 15) is 18.4 Å². The molecule has 1 aliphatic rings. The van der Waals surface area contributed by atoms with Crippen LogP contribution in [0.25, 0.3) is 6.08 Å². The molecule has 3 aromatic carbocycles. The molecule has 4 rings (SSSR count). The molecule has 1 unspecified atom stereocenters. The van der Waals surface area contributed by atoms with Gasteiger partial charge in [0.05, 0.1) is 10.9 Å². The van der Waals surface area contributed by atoms with E-state index < -0.39 is 11.1 Å². The average Bonchev–Trinajstić information content (AvgIpc) is 3.14. The van der Waals surface area contributed by atoms with Gasteiger partial charge >= 0.3 is 0 Å². The lowest BCUT2D eigenvalue weighted by Crippen LogP contribution is -2.36. The summed E-state index contributed by atoms with van der Waals surface area (Å²) in [5.74, 6) is -1.35. The van der Waals surface area contributed by atoms with Gasteiger partial charge in [-0.1, -0.05) is 54.2 Å². The number of aliphatic imine (C=N–C) groups is 1. The molecule has 2 amide bonds. The first kappa shape index (κ1) is 24.3. The Kier molecular flexibility index (Phi) is 7.41. The number of nitrogens with zero attached hydrogens (tertiary/aromatic N) is 3. The van der Waals surface area contributed by atoms with Crippen molar-refractivity contribution < 1.29 is 18.4 Å². The van der Waals surface area contributed by atoms with E-state index in [0.29, 0.717) is 16.4 Å². The summed E-state index contributed by atoms with van der Waals surface area (Å²) in [5.41, 5.74) is 2.15. The summed E-state index contributed by atoms with van der Waals surface area (Å²) in [6, 6.07) is 20.9. The van der Waals surface area contributed by atoms with Crippen molar-refractivity contribution in [2.75, 3.05) is 11.9 Å². The summed E-state index contributed by atoms with van der Waals surface area (Å²) in [6.45, 7) is 1.97. The number of amides is 2. The highest BCUT2D eigenvalue weighted by molar-refractivity contribution is 8.15. The van der Waals surface area contributed by atoms with Crippen molar-refractivity contribution in [3.63, 3.8) is 0 Å². The van der Waals surface area contributed by atoms with Gasteiger partial charge < -0.3 is 4.90 Å². The molecule has 0 aliphatic carbocycles. The van der Waals surface area contributed by atoms with Crippen LogP contribution in [0.1, 0.15) is 18.1 Å². The van der Waals surface area contributed by atoms with Crippen LogP contribution in [0.5, 0.6) is 0 Å². The first-order valence-corrected chi connectivity index (χ1v) is 11.8. The quantitative estimate of drug-likeness (QED) is 0.429.